The molecule has 0 N–H and O–H groups in total. The van der Waals surface area contributed by atoms with Gasteiger partial charge in [0.05, 0.1) is 11.0 Å². The van der Waals surface area contributed by atoms with Gasteiger partial charge in [0.15, 0.2) is 0 Å². The van der Waals surface area contributed by atoms with E-state index in [1.54, 1.807) is 29.2 Å². The first-order valence-electron chi connectivity index (χ1n) is 11.5. The van der Waals surface area contributed by atoms with Gasteiger partial charge < -0.3 is 9.42 Å². The SMILES string of the molecule is O=C1N(Cc2nc(-c3ccc(C(F)(F)F)cc3)no2)CCCC1(c1ccc(F)cc1)c1ccc(F)cc1. The summed E-state index contributed by atoms with van der Waals surface area (Å²) in [6.45, 7) is 0.359. The molecule has 10 heteroatoms. The quantitative estimate of drug-likeness (QED) is 0.301. The van der Waals surface area contributed by atoms with Crippen LogP contribution in [0.3, 0.4) is 0 Å². The Kier molecular flexibility index (Phi) is 6.26. The molecule has 190 valence electrons. The van der Waals surface area contributed by atoms with Crippen LogP contribution in [0.5, 0.6) is 0 Å². The van der Waals surface area contributed by atoms with Gasteiger partial charge in [0.1, 0.15) is 18.2 Å². The summed E-state index contributed by atoms with van der Waals surface area (Å²) in [7, 11) is 0. The Morgan fingerprint density at radius 1 is 0.865 bits per heavy atom. The molecular formula is C27H20F5N3O2. The Labute approximate surface area is 208 Å². The monoisotopic (exact) mass is 513 g/mol. The van der Waals surface area contributed by atoms with Crippen LogP contribution >= 0.6 is 0 Å². The molecule has 5 nitrogen and oxygen atoms in total. The molecule has 1 fully saturated rings. The summed E-state index contributed by atoms with van der Waals surface area (Å²) in [5.74, 6) is -0.973. The molecule has 1 aliphatic rings. The van der Waals surface area contributed by atoms with Gasteiger partial charge in [-0.25, -0.2) is 8.78 Å². The van der Waals surface area contributed by atoms with Crippen molar-refractivity contribution < 1.29 is 31.3 Å². The first-order chi connectivity index (χ1) is 17.7. The Hall–Kier alpha value is -4.08. The molecule has 0 bridgehead atoms. The lowest BCUT2D eigenvalue weighted by Crippen LogP contribution is -2.51. The Bertz CT molecular complexity index is 1350. The molecule has 0 atom stereocenters. The number of carbonyl (C=O) groups is 1. The van der Waals surface area contributed by atoms with Crippen molar-refractivity contribution in [2.24, 2.45) is 0 Å². The van der Waals surface area contributed by atoms with Crippen molar-refractivity contribution in [3.8, 4) is 11.4 Å². The predicted octanol–water partition coefficient (Wildman–Crippen LogP) is 6.14. The third-order valence-electron chi connectivity index (χ3n) is 6.57. The Morgan fingerprint density at radius 3 is 1.97 bits per heavy atom. The van der Waals surface area contributed by atoms with Gasteiger partial charge in [-0.05, 0) is 60.4 Å². The van der Waals surface area contributed by atoms with Gasteiger partial charge in [0, 0.05) is 12.1 Å². The summed E-state index contributed by atoms with van der Waals surface area (Å²) < 4.78 is 71.2. The number of hydrogen-bond acceptors (Lipinski definition) is 4. The van der Waals surface area contributed by atoms with Crippen LogP contribution in [0, 0.1) is 11.6 Å². The molecule has 37 heavy (non-hydrogen) atoms. The molecule has 2 heterocycles. The number of rotatable bonds is 5. The second-order valence-corrected chi connectivity index (χ2v) is 8.84. The standard InChI is InChI=1S/C27H20F5N3O2/c28-21-10-6-18(7-11-21)26(19-8-12-22(29)13-9-19)14-1-15-35(25(26)36)16-23-33-24(34-37-23)17-2-4-20(5-3-17)27(30,31)32/h2-13H,1,14-16H2. The lowest BCUT2D eigenvalue weighted by molar-refractivity contribution is -0.140. The molecule has 1 amide bonds. The molecule has 1 aliphatic heterocycles. The van der Waals surface area contributed by atoms with Crippen molar-refractivity contribution in [3.05, 3.63) is 107 Å². The number of aromatic nitrogens is 2. The minimum Gasteiger partial charge on any atom is -0.337 e. The first-order valence-corrected chi connectivity index (χ1v) is 11.5. The molecular weight excluding hydrogens is 493 g/mol. The summed E-state index contributed by atoms with van der Waals surface area (Å²) in [6.07, 6.45) is -3.43. The van der Waals surface area contributed by atoms with Crippen LogP contribution in [-0.4, -0.2) is 27.5 Å². The number of amides is 1. The Morgan fingerprint density at radius 2 is 1.43 bits per heavy atom. The van der Waals surface area contributed by atoms with Crippen molar-refractivity contribution >= 4 is 5.91 Å². The molecule has 0 saturated carbocycles. The second kappa shape index (κ2) is 9.42. The number of hydrogen-bond donors (Lipinski definition) is 0. The number of nitrogens with zero attached hydrogens (tertiary/aromatic N) is 3. The zero-order chi connectivity index (χ0) is 26.2. The number of halogens is 5. The van der Waals surface area contributed by atoms with Crippen molar-refractivity contribution in [2.75, 3.05) is 6.54 Å². The molecule has 4 aromatic rings. The van der Waals surface area contributed by atoms with E-state index in [0.29, 0.717) is 36.1 Å². The topological polar surface area (TPSA) is 59.2 Å². The fourth-order valence-electron chi connectivity index (χ4n) is 4.74. The third kappa shape index (κ3) is 4.71. The van der Waals surface area contributed by atoms with Gasteiger partial charge in [-0.1, -0.05) is 41.6 Å². The number of alkyl halides is 3. The van der Waals surface area contributed by atoms with Crippen molar-refractivity contribution in [2.45, 2.75) is 31.0 Å². The van der Waals surface area contributed by atoms with Gasteiger partial charge in [0.25, 0.3) is 0 Å². The van der Waals surface area contributed by atoms with Crippen LogP contribution in [0.2, 0.25) is 0 Å². The van der Waals surface area contributed by atoms with E-state index < -0.39 is 28.8 Å². The fourth-order valence-corrected chi connectivity index (χ4v) is 4.74. The maximum atomic E-state index is 14.0. The molecule has 0 aliphatic carbocycles. The summed E-state index contributed by atoms with van der Waals surface area (Å²) in [4.78, 5) is 19.8. The molecule has 5 rings (SSSR count). The minimum atomic E-state index is -4.46. The van der Waals surface area contributed by atoms with E-state index in [9.17, 15) is 26.7 Å². The molecule has 1 aromatic heterocycles. The number of piperidine rings is 1. The molecule has 0 spiro atoms. The van der Waals surface area contributed by atoms with Gasteiger partial charge in [-0.3, -0.25) is 4.79 Å². The number of benzene rings is 3. The maximum absolute atomic E-state index is 14.0. The van der Waals surface area contributed by atoms with E-state index >= 15 is 0 Å². The molecule has 0 radical (unpaired) electrons. The van der Waals surface area contributed by atoms with Crippen LogP contribution in [0.4, 0.5) is 22.0 Å². The highest BCUT2D eigenvalue weighted by molar-refractivity contribution is 5.92. The first kappa shape index (κ1) is 24.6. The lowest BCUT2D eigenvalue weighted by atomic mass is 9.68. The average Bonchev–Trinajstić information content (AvgIpc) is 3.35. The lowest BCUT2D eigenvalue weighted by Gasteiger charge is -2.42. The van der Waals surface area contributed by atoms with Gasteiger partial charge >= 0.3 is 6.18 Å². The van der Waals surface area contributed by atoms with Gasteiger partial charge in [0.2, 0.25) is 17.6 Å². The molecule has 1 saturated heterocycles. The molecule has 0 unspecified atom stereocenters. The summed E-state index contributed by atoms with van der Waals surface area (Å²) in [5.41, 5.74) is -0.482. The van der Waals surface area contributed by atoms with E-state index in [4.69, 9.17) is 4.52 Å². The van der Waals surface area contributed by atoms with Crippen LogP contribution in [0.25, 0.3) is 11.4 Å². The predicted molar refractivity (Wildman–Crippen MR) is 123 cm³/mol. The smallest absolute Gasteiger partial charge is 0.337 e. The second-order valence-electron chi connectivity index (χ2n) is 8.84. The number of carbonyl (C=O) groups excluding carboxylic acids is 1. The number of likely N-dealkylation sites (tertiary alicyclic amines) is 1. The average molecular weight is 513 g/mol. The van der Waals surface area contributed by atoms with E-state index in [0.717, 1.165) is 12.1 Å². The highest BCUT2D eigenvalue weighted by atomic mass is 19.4. The van der Waals surface area contributed by atoms with Gasteiger partial charge in [-0.2, -0.15) is 18.2 Å². The van der Waals surface area contributed by atoms with Gasteiger partial charge in [-0.15, -0.1) is 0 Å². The van der Waals surface area contributed by atoms with Crippen LogP contribution in [0.15, 0.2) is 77.3 Å². The van der Waals surface area contributed by atoms with E-state index in [-0.39, 0.29) is 24.2 Å². The van der Waals surface area contributed by atoms with Crippen LogP contribution in [-0.2, 0) is 22.9 Å². The van der Waals surface area contributed by atoms with Crippen molar-refractivity contribution in [3.63, 3.8) is 0 Å². The van der Waals surface area contributed by atoms with E-state index in [1.807, 2.05) is 0 Å². The zero-order valence-electron chi connectivity index (χ0n) is 19.3. The normalized spacial score (nSPS) is 15.7. The Balaban J connectivity index is 1.44. The van der Waals surface area contributed by atoms with Crippen LogP contribution < -0.4 is 0 Å². The minimum absolute atomic E-state index is 0.0311. The highest BCUT2D eigenvalue weighted by Crippen LogP contribution is 2.42. The maximum Gasteiger partial charge on any atom is 0.416 e. The summed E-state index contributed by atoms with van der Waals surface area (Å²) in [5, 5.41) is 3.85. The molecule has 3 aromatic carbocycles. The van der Waals surface area contributed by atoms with E-state index in [1.165, 1.54) is 36.4 Å². The summed E-state index contributed by atoms with van der Waals surface area (Å²) >= 11 is 0. The zero-order valence-corrected chi connectivity index (χ0v) is 19.3. The van der Waals surface area contributed by atoms with Crippen molar-refractivity contribution in [1.82, 2.24) is 15.0 Å². The largest absolute Gasteiger partial charge is 0.416 e. The highest BCUT2D eigenvalue weighted by Gasteiger charge is 2.47. The van der Waals surface area contributed by atoms with E-state index in [2.05, 4.69) is 10.1 Å². The van der Waals surface area contributed by atoms with Crippen LogP contribution in [0.1, 0.15) is 35.4 Å². The third-order valence-corrected chi connectivity index (χ3v) is 6.57. The fraction of sp³-hybridized carbons (Fsp3) is 0.222. The van der Waals surface area contributed by atoms with Crippen molar-refractivity contribution in [1.29, 1.82) is 0 Å². The summed E-state index contributed by atoms with van der Waals surface area (Å²) in [6, 6.07) is 15.7.